The maximum absolute atomic E-state index is 4.45. The van der Waals surface area contributed by atoms with Crippen LogP contribution in [0.1, 0.15) is 19.8 Å². The van der Waals surface area contributed by atoms with Crippen LogP contribution in [0.5, 0.6) is 0 Å². The molecule has 1 aliphatic heterocycles. The van der Waals surface area contributed by atoms with Gasteiger partial charge in [-0.05, 0) is 33.4 Å². The molecule has 0 aromatic carbocycles. The van der Waals surface area contributed by atoms with Gasteiger partial charge in [-0.3, -0.25) is 0 Å². The van der Waals surface area contributed by atoms with Crippen LogP contribution in [0, 0.1) is 0 Å². The summed E-state index contributed by atoms with van der Waals surface area (Å²) in [7, 11) is 4.30. The van der Waals surface area contributed by atoms with E-state index in [4.69, 9.17) is 0 Å². The van der Waals surface area contributed by atoms with E-state index in [9.17, 15) is 0 Å². The van der Waals surface area contributed by atoms with Gasteiger partial charge in [-0.25, -0.2) is 9.97 Å². The number of likely N-dealkylation sites (tertiary alicyclic amines) is 1. The Morgan fingerprint density at radius 1 is 1.44 bits per heavy atom. The Balaban J connectivity index is 2.05. The van der Waals surface area contributed by atoms with Gasteiger partial charge in [0.1, 0.15) is 0 Å². The topological polar surface area (TPSA) is 44.3 Å². The molecule has 1 fully saturated rings. The molecule has 0 unspecified atom stereocenters. The molecule has 5 nitrogen and oxygen atoms in total. The van der Waals surface area contributed by atoms with Gasteiger partial charge in [-0.15, -0.1) is 0 Å². The van der Waals surface area contributed by atoms with Gasteiger partial charge < -0.3 is 15.1 Å². The molecule has 100 valence electrons. The summed E-state index contributed by atoms with van der Waals surface area (Å²) in [5.41, 5.74) is 0. The number of likely N-dealkylation sites (N-methyl/N-ethyl adjacent to an activating group) is 2. The zero-order valence-corrected chi connectivity index (χ0v) is 11.6. The molecule has 0 bridgehead atoms. The zero-order chi connectivity index (χ0) is 13.0. The fraction of sp³-hybridized carbons (Fsp3) is 0.692. The van der Waals surface area contributed by atoms with Crippen LogP contribution in [-0.2, 0) is 0 Å². The second kappa shape index (κ2) is 6.00. The summed E-state index contributed by atoms with van der Waals surface area (Å²) < 4.78 is 0. The highest BCUT2D eigenvalue weighted by molar-refractivity contribution is 5.60. The minimum Gasteiger partial charge on any atom is -0.367 e. The number of hydrogen-bond donors (Lipinski definition) is 1. The number of nitrogens with one attached hydrogen (secondary N) is 1. The fourth-order valence-corrected chi connectivity index (χ4v) is 2.51. The second-order valence-electron chi connectivity index (χ2n) is 4.92. The van der Waals surface area contributed by atoms with E-state index < -0.39 is 0 Å². The molecule has 1 aromatic heterocycles. The Hall–Kier alpha value is -1.36. The average molecular weight is 249 g/mol. The van der Waals surface area contributed by atoms with Gasteiger partial charge >= 0.3 is 0 Å². The lowest BCUT2D eigenvalue weighted by Crippen LogP contribution is -2.37. The van der Waals surface area contributed by atoms with Gasteiger partial charge in [0.15, 0.2) is 11.6 Å². The van der Waals surface area contributed by atoms with Crippen LogP contribution < -0.4 is 10.2 Å². The maximum atomic E-state index is 4.45. The van der Waals surface area contributed by atoms with E-state index in [1.54, 1.807) is 12.4 Å². The fourth-order valence-electron chi connectivity index (χ4n) is 2.51. The lowest BCUT2D eigenvalue weighted by atomic mass is 10.2. The van der Waals surface area contributed by atoms with Gasteiger partial charge in [-0.1, -0.05) is 0 Å². The van der Waals surface area contributed by atoms with Crippen molar-refractivity contribution < 1.29 is 0 Å². The third-order valence-electron chi connectivity index (χ3n) is 3.54. The van der Waals surface area contributed by atoms with Crippen molar-refractivity contribution in [3.05, 3.63) is 12.4 Å². The van der Waals surface area contributed by atoms with Crippen molar-refractivity contribution >= 4 is 11.6 Å². The Labute approximate surface area is 109 Å². The van der Waals surface area contributed by atoms with Gasteiger partial charge in [0.2, 0.25) is 0 Å². The predicted octanol–water partition coefficient (Wildman–Crippen LogP) is 1.44. The largest absolute Gasteiger partial charge is 0.367 e. The second-order valence-corrected chi connectivity index (χ2v) is 4.92. The van der Waals surface area contributed by atoms with E-state index in [2.05, 4.69) is 46.1 Å². The monoisotopic (exact) mass is 249 g/mol. The number of anilines is 2. The molecule has 0 spiro atoms. The molecule has 1 saturated heterocycles. The summed E-state index contributed by atoms with van der Waals surface area (Å²) in [5.74, 6) is 1.82. The van der Waals surface area contributed by atoms with Crippen LogP contribution in [0.4, 0.5) is 11.6 Å². The van der Waals surface area contributed by atoms with E-state index in [1.807, 2.05) is 0 Å². The van der Waals surface area contributed by atoms with Gasteiger partial charge in [0.25, 0.3) is 0 Å². The summed E-state index contributed by atoms with van der Waals surface area (Å²) in [6, 6.07) is 0.631. The van der Waals surface area contributed by atoms with Crippen molar-refractivity contribution in [3.8, 4) is 0 Å². The highest BCUT2D eigenvalue weighted by Crippen LogP contribution is 2.22. The van der Waals surface area contributed by atoms with E-state index in [0.29, 0.717) is 6.04 Å². The minimum atomic E-state index is 0.631. The summed E-state index contributed by atoms with van der Waals surface area (Å²) in [5, 5.41) is 3.26. The van der Waals surface area contributed by atoms with Crippen molar-refractivity contribution in [1.82, 2.24) is 14.9 Å². The van der Waals surface area contributed by atoms with Gasteiger partial charge in [0, 0.05) is 38.6 Å². The third kappa shape index (κ3) is 2.90. The Kier molecular flexibility index (Phi) is 4.36. The SMILES string of the molecule is CCNc1nccnc1N(C)C[C@H]1CCCN1C. The Morgan fingerprint density at radius 2 is 2.22 bits per heavy atom. The number of rotatable bonds is 5. The van der Waals surface area contributed by atoms with E-state index >= 15 is 0 Å². The third-order valence-corrected chi connectivity index (χ3v) is 3.54. The van der Waals surface area contributed by atoms with Gasteiger partial charge in [0.05, 0.1) is 0 Å². The molecule has 1 N–H and O–H groups in total. The van der Waals surface area contributed by atoms with Crippen LogP contribution >= 0.6 is 0 Å². The molecule has 18 heavy (non-hydrogen) atoms. The van der Waals surface area contributed by atoms with E-state index in [0.717, 1.165) is 24.7 Å². The molecular formula is C13H23N5. The first-order chi connectivity index (χ1) is 8.72. The molecular weight excluding hydrogens is 226 g/mol. The van der Waals surface area contributed by atoms with E-state index in [1.165, 1.54) is 19.4 Å². The van der Waals surface area contributed by atoms with E-state index in [-0.39, 0.29) is 0 Å². The lowest BCUT2D eigenvalue weighted by molar-refractivity contribution is 0.314. The highest BCUT2D eigenvalue weighted by Gasteiger charge is 2.23. The first kappa shape index (κ1) is 13.1. The summed E-state index contributed by atoms with van der Waals surface area (Å²) >= 11 is 0. The standard InChI is InChI=1S/C13H23N5/c1-4-14-12-13(16-8-7-15-12)18(3)10-11-6-5-9-17(11)2/h7-8,11H,4-6,9-10H2,1-3H3,(H,14,15)/t11-/m1/s1. The van der Waals surface area contributed by atoms with Crippen LogP contribution in [0.3, 0.4) is 0 Å². The summed E-state index contributed by atoms with van der Waals surface area (Å²) in [6.45, 7) is 5.15. The molecule has 5 heteroatoms. The molecule has 0 radical (unpaired) electrons. The normalized spacial score (nSPS) is 20.1. The molecule has 0 amide bonds. The summed E-state index contributed by atoms with van der Waals surface area (Å²) in [4.78, 5) is 13.4. The first-order valence-electron chi connectivity index (χ1n) is 6.68. The molecule has 0 saturated carbocycles. The molecule has 1 atom stereocenters. The number of aromatic nitrogens is 2. The lowest BCUT2D eigenvalue weighted by Gasteiger charge is -2.27. The van der Waals surface area contributed by atoms with Crippen LogP contribution in [-0.4, -0.2) is 54.6 Å². The minimum absolute atomic E-state index is 0.631. The zero-order valence-electron chi connectivity index (χ0n) is 11.6. The van der Waals surface area contributed by atoms with Crippen LogP contribution in [0.25, 0.3) is 0 Å². The Bertz CT molecular complexity index is 381. The first-order valence-corrected chi connectivity index (χ1v) is 6.68. The van der Waals surface area contributed by atoms with Crippen molar-refractivity contribution in [2.24, 2.45) is 0 Å². The number of nitrogens with zero attached hydrogens (tertiary/aromatic N) is 4. The van der Waals surface area contributed by atoms with Crippen molar-refractivity contribution in [2.45, 2.75) is 25.8 Å². The molecule has 1 aliphatic rings. The molecule has 1 aromatic rings. The average Bonchev–Trinajstić information content (AvgIpc) is 2.76. The van der Waals surface area contributed by atoms with Crippen molar-refractivity contribution in [1.29, 1.82) is 0 Å². The highest BCUT2D eigenvalue weighted by atomic mass is 15.3. The van der Waals surface area contributed by atoms with Crippen molar-refractivity contribution in [2.75, 3.05) is 43.9 Å². The predicted molar refractivity (Wildman–Crippen MR) is 75.1 cm³/mol. The molecule has 2 heterocycles. The maximum Gasteiger partial charge on any atom is 0.171 e. The smallest absolute Gasteiger partial charge is 0.171 e. The summed E-state index contributed by atoms with van der Waals surface area (Å²) in [6.07, 6.45) is 6.06. The quantitative estimate of drug-likeness (QED) is 0.855. The molecule has 2 rings (SSSR count). The van der Waals surface area contributed by atoms with Crippen LogP contribution in [0.2, 0.25) is 0 Å². The number of hydrogen-bond acceptors (Lipinski definition) is 5. The van der Waals surface area contributed by atoms with Crippen molar-refractivity contribution in [3.63, 3.8) is 0 Å². The Morgan fingerprint density at radius 3 is 2.89 bits per heavy atom. The van der Waals surface area contributed by atoms with Gasteiger partial charge in [-0.2, -0.15) is 0 Å². The molecule has 0 aliphatic carbocycles. The van der Waals surface area contributed by atoms with Crippen LogP contribution in [0.15, 0.2) is 12.4 Å².